The molecule has 1 aromatic carbocycles. The van der Waals surface area contributed by atoms with Gasteiger partial charge in [0.1, 0.15) is 5.75 Å². The molecule has 0 aliphatic rings. The van der Waals surface area contributed by atoms with Crippen molar-refractivity contribution >= 4 is 12.1 Å². The number of benzene rings is 1. The first-order chi connectivity index (χ1) is 9.78. The maximum absolute atomic E-state index is 11.6. The van der Waals surface area contributed by atoms with E-state index < -0.39 is 0 Å². The lowest BCUT2D eigenvalue weighted by atomic mass is 10.2. The van der Waals surface area contributed by atoms with Crippen LogP contribution in [0.5, 0.6) is 5.75 Å². The highest BCUT2D eigenvalue weighted by Crippen LogP contribution is 2.09. The lowest BCUT2D eigenvalue weighted by Gasteiger charge is -1.99. The molecular weight excluding hydrogens is 254 g/mol. The van der Waals surface area contributed by atoms with Crippen molar-refractivity contribution in [1.29, 1.82) is 0 Å². The molecule has 2 rings (SSSR count). The third kappa shape index (κ3) is 4.20. The first-order valence-electron chi connectivity index (χ1n) is 6.18. The van der Waals surface area contributed by atoms with Gasteiger partial charge in [-0.15, -0.1) is 0 Å². The fourth-order valence-electron chi connectivity index (χ4n) is 1.61. The topological polar surface area (TPSA) is 54.6 Å². The van der Waals surface area contributed by atoms with Gasteiger partial charge in [0.15, 0.2) is 12.4 Å². The summed E-state index contributed by atoms with van der Waals surface area (Å²) < 4.78 is 6.84. The highest BCUT2D eigenvalue weighted by molar-refractivity contribution is 5.82. The molecule has 0 saturated heterocycles. The van der Waals surface area contributed by atoms with Crippen molar-refractivity contribution in [3.8, 4) is 5.75 Å². The summed E-state index contributed by atoms with van der Waals surface area (Å²) in [6, 6.07) is 13.0. The minimum Gasteiger partial charge on any atom is -0.497 e. The van der Waals surface area contributed by atoms with Crippen molar-refractivity contribution in [3.63, 3.8) is 0 Å². The zero-order chi connectivity index (χ0) is 14.2. The molecule has 0 aliphatic heterocycles. The molecular formula is C15H16N3O2+. The smallest absolute Gasteiger partial charge is 0.305 e. The fourth-order valence-corrected chi connectivity index (χ4v) is 1.61. The van der Waals surface area contributed by atoms with Crippen LogP contribution in [0.1, 0.15) is 5.56 Å². The van der Waals surface area contributed by atoms with E-state index in [0.29, 0.717) is 0 Å². The van der Waals surface area contributed by atoms with E-state index in [1.54, 1.807) is 17.9 Å². The summed E-state index contributed by atoms with van der Waals surface area (Å²) >= 11 is 0. The Morgan fingerprint density at radius 2 is 1.95 bits per heavy atom. The molecule has 0 spiro atoms. The van der Waals surface area contributed by atoms with Gasteiger partial charge in [-0.2, -0.15) is 9.67 Å². The van der Waals surface area contributed by atoms with Crippen LogP contribution < -0.4 is 14.7 Å². The second-order valence-corrected chi connectivity index (χ2v) is 4.11. The van der Waals surface area contributed by atoms with Gasteiger partial charge in [-0.1, -0.05) is 6.07 Å². The summed E-state index contributed by atoms with van der Waals surface area (Å²) in [4.78, 5) is 11.6. The molecule has 102 valence electrons. The van der Waals surface area contributed by atoms with Gasteiger partial charge in [-0.05, 0) is 29.8 Å². The molecule has 5 nitrogen and oxygen atoms in total. The van der Waals surface area contributed by atoms with Crippen molar-refractivity contribution in [1.82, 2.24) is 5.43 Å². The maximum Gasteiger partial charge on any atom is 0.305 e. The number of hydrogen-bond donors (Lipinski definition) is 1. The number of aromatic nitrogens is 1. The lowest BCUT2D eigenvalue weighted by molar-refractivity contribution is -0.684. The van der Waals surface area contributed by atoms with Crippen molar-refractivity contribution in [2.45, 2.75) is 6.54 Å². The first kappa shape index (κ1) is 13.7. The fraction of sp³-hybridized carbons (Fsp3) is 0.133. The van der Waals surface area contributed by atoms with Gasteiger partial charge in [-0.3, -0.25) is 4.79 Å². The Balaban J connectivity index is 1.84. The standard InChI is InChI=1S/C15H15N3O2/c1-20-14-7-5-13(6-8-14)11-16-17-15(19)12-18-9-3-2-4-10-18/h2-11H,12H2,1H3/p+1. The Kier molecular flexibility index (Phi) is 4.83. The molecule has 1 N–H and O–H groups in total. The molecule has 1 amide bonds. The zero-order valence-corrected chi connectivity index (χ0v) is 11.2. The van der Waals surface area contributed by atoms with Crippen LogP contribution >= 0.6 is 0 Å². The van der Waals surface area contributed by atoms with Gasteiger partial charge in [0, 0.05) is 12.1 Å². The predicted molar refractivity (Wildman–Crippen MR) is 75.4 cm³/mol. The van der Waals surface area contributed by atoms with E-state index in [1.165, 1.54) is 0 Å². The van der Waals surface area contributed by atoms with E-state index in [2.05, 4.69) is 10.5 Å². The molecule has 0 unspecified atom stereocenters. The molecule has 0 aliphatic carbocycles. The van der Waals surface area contributed by atoms with Crippen molar-refractivity contribution < 1.29 is 14.1 Å². The minimum absolute atomic E-state index is 0.175. The van der Waals surface area contributed by atoms with E-state index >= 15 is 0 Å². The third-order valence-electron chi connectivity index (χ3n) is 2.62. The second-order valence-electron chi connectivity index (χ2n) is 4.11. The largest absolute Gasteiger partial charge is 0.497 e. The zero-order valence-electron chi connectivity index (χ0n) is 11.2. The van der Waals surface area contributed by atoms with E-state index in [0.717, 1.165) is 11.3 Å². The summed E-state index contributed by atoms with van der Waals surface area (Å²) in [5.74, 6) is 0.609. The number of ether oxygens (including phenoxy) is 1. The summed E-state index contributed by atoms with van der Waals surface area (Å²) in [6.07, 6.45) is 5.24. The van der Waals surface area contributed by atoms with Gasteiger partial charge in [-0.25, -0.2) is 5.43 Å². The Bertz CT molecular complexity index is 580. The molecule has 0 atom stereocenters. The van der Waals surface area contributed by atoms with Crippen molar-refractivity contribution in [3.05, 3.63) is 60.4 Å². The Morgan fingerprint density at radius 3 is 2.60 bits per heavy atom. The number of rotatable bonds is 5. The molecule has 1 aromatic heterocycles. The number of hydrogen-bond acceptors (Lipinski definition) is 3. The normalized spacial score (nSPS) is 10.4. The molecule has 0 saturated carbocycles. The Hall–Kier alpha value is -2.69. The van der Waals surface area contributed by atoms with Gasteiger partial charge < -0.3 is 4.74 Å². The lowest BCUT2D eigenvalue weighted by Crippen LogP contribution is -2.40. The highest BCUT2D eigenvalue weighted by Gasteiger charge is 2.06. The number of hydrazone groups is 1. The van der Waals surface area contributed by atoms with Gasteiger partial charge in [0.25, 0.3) is 0 Å². The number of methoxy groups -OCH3 is 1. The molecule has 0 fully saturated rings. The van der Waals surface area contributed by atoms with E-state index in [4.69, 9.17) is 4.74 Å². The average molecular weight is 270 g/mol. The summed E-state index contributed by atoms with van der Waals surface area (Å²) in [7, 11) is 1.62. The summed E-state index contributed by atoms with van der Waals surface area (Å²) in [5.41, 5.74) is 3.37. The second kappa shape index (κ2) is 7.04. The molecule has 20 heavy (non-hydrogen) atoms. The molecule has 2 aromatic rings. The number of pyridine rings is 1. The van der Waals surface area contributed by atoms with Crippen LogP contribution in [0.15, 0.2) is 60.0 Å². The van der Waals surface area contributed by atoms with E-state index in [-0.39, 0.29) is 12.5 Å². The first-order valence-corrected chi connectivity index (χ1v) is 6.18. The highest BCUT2D eigenvalue weighted by atomic mass is 16.5. The maximum atomic E-state index is 11.6. The SMILES string of the molecule is COc1ccc(C=NNC(=O)C[n+]2ccccc2)cc1. The van der Waals surface area contributed by atoms with Gasteiger partial charge in [0.05, 0.1) is 13.3 Å². The Labute approximate surface area is 117 Å². The van der Waals surface area contributed by atoms with Gasteiger partial charge >= 0.3 is 5.91 Å². The monoisotopic (exact) mass is 270 g/mol. The number of nitrogens with one attached hydrogen (secondary N) is 1. The van der Waals surface area contributed by atoms with Crippen LogP contribution in [0, 0.1) is 0 Å². The van der Waals surface area contributed by atoms with Gasteiger partial charge in [0.2, 0.25) is 6.54 Å². The third-order valence-corrected chi connectivity index (χ3v) is 2.62. The van der Waals surface area contributed by atoms with E-state index in [9.17, 15) is 4.79 Å². The van der Waals surface area contributed by atoms with Crippen LogP contribution in [0.3, 0.4) is 0 Å². The van der Waals surface area contributed by atoms with Crippen LogP contribution in [0.4, 0.5) is 0 Å². The number of nitrogens with zero attached hydrogens (tertiary/aromatic N) is 2. The van der Waals surface area contributed by atoms with E-state index in [1.807, 2.05) is 54.9 Å². The quantitative estimate of drug-likeness (QED) is 0.503. The number of carbonyl (C=O) groups excluding carboxylic acids is 1. The average Bonchev–Trinajstić information content (AvgIpc) is 2.49. The van der Waals surface area contributed by atoms with Crippen molar-refractivity contribution in [2.24, 2.45) is 5.10 Å². The van der Waals surface area contributed by atoms with Crippen molar-refractivity contribution in [2.75, 3.05) is 7.11 Å². The number of carbonyl (C=O) groups is 1. The van der Waals surface area contributed by atoms with Crippen LogP contribution in [-0.4, -0.2) is 19.2 Å². The predicted octanol–water partition coefficient (Wildman–Crippen LogP) is 1.13. The minimum atomic E-state index is -0.175. The summed E-state index contributed by atoms with van der Waals surface area (Å²) in [6.45, 7) is 0.237. The molecule has 0 bridgehead atoms. The molecule has 0 radical (unpaired) electrons. The van der Waals surface area contributed by atoms with Crippen LogP contribution in [0.25, 0.3) is 0 Å². The Morgan fingerprint density at radius 1 is 1.25 bits per heavy atom. The number of amides is 1. The van der Waals surface area contributed by atoms with Crippen LogP contribution in [-0.2, 0) is 11.3 Å². The van der Waals surface area contributed by atoms with Crippen LogP contribution in [0.2, 0.25) is 0 Å². The summed E-state index contributed by atoms with van der Waals surface area (Å²) in [5, 5.41) is 3.91. The molecule has 5 heteroatoms. The molecule has 1 heterocycles.